The Labute approximate surface area is 126 Å². The summed E-state index contributed by atoms with van der Waals surface area (Å²) in [7, 11) is 1.10. The number of hydrogen-bond acceptors (Lipinski definition) is 4. The molecule has 8 heteroatoms. The number of benzene rings is 1. The Balaban J connectivity index is 2.02. The molecule has 0 aromatic heterocycles. The summed E-state index contributed by atoms with van der Waals surface area (Å²) in [5.41, 5.74) is -0.227. The molecule has 0 saturated carbocycles. The second-order valence-electron chi connectivity index (χ2n) is 4.78. The fraction of sp³-hybridized carbons (Fsp3) is 0.462. The Hall–Kier alpha value is -1.18. The van der Waals surface area contributed by atoms with Gasteiger partial charge in [0.05, 0.1) is 16.6 Å². The predicted molar refractivity (Wildman–Crippen MR) is 75.4 cm³/mol. The average Bonchev–Trinajstić information content (AvgIpc) is 2.45. The SMILES string of the molecule is O=C(NCC1CCCCO1)c1ccc(S(=O)(=O)Cl)cc1F. The van der Waals surface area contributed by atoms with Crippen LogP contribution in [0, 0.1) is 5.82 Å². The van der Waals surface area contributed by atoms with Crippen LogP contribution in [-0.4, -0.2) is 33.6 Å². The Bertz CT molecular complexity index is 629. The van der Waals surface area contributed by atoms with Gasteiger partial charge in [-0.3, -0.25) is 4.79 Å². The average molecular weight is 336 g/mol. The topological polar surface area (TPSA) is 72.5 Å². The third kappa shape index (κ3) is 4.39. The summed E-state index contributed by atoms with van der Waals surface area (Å²) in [4.78, 5) is 11.5. The second kappa shape index (κ2) is 6.72. The molecule has 0 spiro atoms. The smallest absolute Gasteiger partial charge is 0.261 e. The predicted octanol–water partition coefficient (Wildman–Crippen LogP) is 2.05. The van der Waals surface area contributed by atoms with Gasteiger partial charge in [-0.1, -0.05) is 0 Å². The van der Waals surface area contributed by atoms with Gasteiger partial charge in [0.25, 0.3) is 15.0 Å². The summed E-state index contributed by atoms with van der Waals surface area (Å²) in [6.07, 6.45) is 2.84. The fourth-order valence-corrected chi connectivity index (χ4v) is 2.86. The van der Waals surface area contributed by atoms with Crippen molar-refractivity contribution in [2.75, 3.05) is 13.2 Å². The molecule has 1 aliphatic heterocycles. The first-order chi connectivity index (χ1) is 9.88. The normalized spacial score (nSPS) is 19.2. The fourth-order valence-electron chi connectivity index (χ4n) is 2.10. The van der Waals surface area contributed by atoms with E-state index in [0.29, 0.717) is 13.2 Å². The summed E-state index contributed by atoms with van der Waals surface area (Å²) >= 11 is 0. The van der Waals surface area contributed by atoms with Gasteiger partial charge in [-0.25, -0.2) is 12.8 Å². The first-order valence-corrected chi connectivity index (χ1v) is 8.83. The van der Waals surface area contributed by atoms with Gasteiger partial charge in [0.1, 0.15) is 5.82 Å². The zero-order valence-electron chi connectivity index (χ0n) is 11.1. The molecule has 1 N–H and O–H groups in total. The number of hydrogen-bond donors (Lipinski definition) is 1. The Morgan fingerprint density at radius 3 is 2.76 bits per heavy atom. The largest absolute Gasteiger partial charge is 0.376 e. The maximum atomic E-state index is 13.8. The first kappa shape index (κ1) is 16.2. The summed E-state index contributed by atoms with van der Waals surface area (Å²) < 4.78 is 41.4. The Morgan fingerprint density at radius 2 is 2.19 bits per heavy atom. The van der Waals surface area contributed by atoms with E-state index in [9.17, 15) is 17.6 Å². The molecule has 21 heavy (non-hydrogen) atoms. The van der Waals surface area contributed by atoms with E-state index >= 15 is 0 Å². The molecule has 1 fully saturated rings. The summed E-state index contributed by atoms with van der Waals surface area (Å²) in [6.45, 7) is 0.963. The van der Waals surface area contributed by atoms with Gasteiger partial charge in [-0.15, -0.1) is 0 Å². The minimum absolute atomic E-state index is 0.0618. The van der Waals surface area contributed by atoms with Crippen molar-refractivity contribution in [3.05, 3.63) is 29.6 Å². The van der Waals surface area contributed by atoms with E-state index in [2.05, 4.69) is 5.32 Å². The maximum absolute atomic E-state index is 13.8. The quantitative estimate of drug-likeness (QED) is 0.855. The molecule has 1 amide bonds. The zero-order chi connectivity index (χ0) is 15.5. The number of nitrogens with one attached hydrogen (secondary N) is 1. The van der Waals surface area contributed by atoms with E-state index in [1.807, 2.05) is 0 Å². The molecule has 5 nitrogen and oxygen atoms in total. The number of carbonyl (C=O) groups is 1. The van der Waals surface area contributed by atoms with Crippen LogP contribution in [0.3, 0.4) is 0 Å². The number of rotatable bonds is 4. The minimum Gasteiger partial charge on any atom is -0.376 e. The molecular weight excluding hydrogens is 321 g/mol. The standard InChI is InChI=1S/C13H15ClFNO4S/c14-21(18,19)10-4-5-11(12(15)7-10)13(17)16-8-9-3-1-2-6-20-9/h4-5,7,9H,1-3,6,8H2,(H,16,17). The lowest BCUT2D eigenvalue weighted by molar-refractivity contribution is 0.0168. The van der Waals surface area contributed by atoms with E-state index in [1.54, 1.807) is 0 Å². The monoisotopic (exact) mass is 335 g/mol. The molecule has 116 valence electrons. The molecule has 1 heterocycles. The van der Waals surface area contributed by atoms with Gasteiger partial charge in [-0.2, -0.15) is 0 Å². The minimum atomic E-state index is -4.02. The van der Waals surface area contributed by atoms with Gasteiger partial charge >= 0.3 is 0 Å². The van der Waals surface area contributed by atoms with Crippen LogP contribution in [-0.2, 0) is 13.8 Å². The van der Waals surface area contributed by atoms with Gasteiger partial charge < -0.3 is 10.1 Å². The lowest BCUT2D eigenvalue weighted by atomic mass is 10.1. The molecular formula is C13H15ClFNO4S. The van der Waals surface area contributed by atoms with Crippen molar-refractivity contribution < 1.29 is 22.3 Å². The molecule has 2 rings (SSSR count). The van der Waals surface area contributed by atoms with Crippen LogP contribution < -0.4 is 5.32 Å². The van der Waals surface area contributed by atoms with E-state index < -0.39 is 20.8 Å². The van der Waals surface area contributed by atoms with Crippen LogP contribution in [0.5, 0.6) is 0 Å². The highest BCUT2D eigenvalue weighted by atomic mass is 35.7. The molecule has 0 aliphatic carbocycles. The van der Waals surface area contributed by atoms with Crippen molar-refractivity contribution in [3.8, 4) is 0 Å². The number of halogens is 2. The molecule has 1 atom stereocenters. The van der Waals surface area contributed by atoms with Crippen molar-refractivity contribution in [3.63, 3.8) is 0 Å². The third-order valence-electron chi connectivity index (χ3n) is 3.23. The van der Waals surface area contributed by atoms with Crippen LogP contribution in [0.2, 0.25) is 0 Å². The van der Waals surface area contributed by atoms with E-state index in [-0.39, 0.29) is 16.6 Å². The van der Waals surface area contributed by atoms with E-state index in [0.717, 1.165) is 37.5 Å². The lowest BCUT2D eigenvalue weighted by Crippen LogP contribution is -2.35. The van der Waals surface area contributed by atoms with Crippen molar-refractivity contribution >= 4 is 25.6 Å². The Kier molecular flexibility index (Phi) is 5.18. The van der Waals surface area contributed by atoms with Crippen LogP contribution in [0.4, 0.5) is 4.39 Å². The van der Waals surface area contributed by atoms with Gasteiger partial charge in [0.2, 0.25) is 0 Å². The molecule has 1 aromatic rings. The number of carbonyl (C=O) groups excluding carboxylic acids is 1. The van der Waals surface area contributed by atoms with Crippen molar-refractivity contribution in [1.82, 2.24) is 5.32 Å². The summed E-state index contributed by atoms with van der Waals surface area (Å²) in [5.74, 6) is -1.54. The second-order valence-corrected chi connectivity index (χ2v) is 7.34. The zero-order valence-corrected chi connectivity index (χ0v) is 12.7. The van der Waals surface area contributed by atoms with Crippen molar-refractivity contribution in [1.29, 1.82) is 0 Å². The number of ether oxygens (including phenoxy) is 1. The molecule has 1 aliphatic rings. The molecule has 0 bridgehead atoms. The van der Waals surface area contributed by atoms with Crippen molar-refractivity contribution in [2.45, 2.75) is 30.3 Å². The number of amides is 1. The van der Waals surface area contributed by atoms with Gasteiger partial charge in [0, 0.05) is 23.8 Å². The highest BCUT2D eigenvalue weighted by molar-refractivity contribution is 8.13. The lowest BCUT2D eigenvalue weighted by Gasteiger charge is -2.22. The molecule has 0 radical (unpaired) electrons. The van der Waals surface area contributed by atoms with Crippen LogP contribution >= 0.6 is 10.7 Å². The van der Waals surface area contributed by atoms with Crippen LogP contribution in [0.1, 0.15) is 29.6 Å². The van der Waals surface area contributed by atoms with Gasteiger partial charge in [-0.05, 0) is 37.5 Å². The third-order valence-corrected chi connectivity index (χ3v) is 4.58. The molecule has 1 aromatic carbocycles. The summed E-state index contributed by atoms with van der Waals surface area (Å²) in [5, 5.41) is 2.58. The maximum Gasteiger partial charge on any atom is 0.261 e. The summed E-state index contributed by atoms with van der Waals surface area (Å²) in [6, 6.07) is 2.92. The highest BCUT2D eigenvalue weighted by Crippen LogP contribution is 2.18. The van der Waals surface area contributed by atoms with E-state index in [1.165, 1.54) is 0 Å². The molecule has 1 saturated heterocycles. The van der Waals surface area contributed by atoms with Crippen molar-refractivity contribution in [2.24, 2.45) is 0 Å². The highest BCUT2D eigenvalue weighted by Gasteiger charge is 2.19. The van der Waals surface area contributed by atoms with E-state index in [4.69, 9.17) is 15.4 Å². The van der Waals surface area contributed by atoms with Gasteiger partial charge in [0.15, 0.2) is 0 Å². The Morgan fingerprint density at radius 1 is 1.43 bits per heavy atom. The first-order valence-electron chi connectivity index (χ1n) is 6.52. The van der Waals surface area contributed by atoms with Crippen LogP contribution in [0.25, 0.3) is 0 Å². The molecule has 1 unspecified atom stereocenters. The van der Waals surface area contributed by atoms with Crippen LogP contribution in [0.15, 0.2) is 23.1 Å².